The number of hydrogen-bond donors (Lipinski definition) is 1. The maximum Gasteiger partial charge on any atom is 0.236 e. The summed E-state index contributed by atoms with van der Waals surface area (Å²) in [4.78, 5) is 17.1. The summed E-state index contributed by atoms with van der Waals surface area (Å²) in [5.74, 6) is 1.38. The molecule has 0 radical (unpaired) electrons. The van der Waals surface area contributed by atoms with E-state index in [4.69, 9.17) is 27.9 Å². The summed E-state index contributed by atoms with van der Waals surface area (Å²) in [6, 6.07) is 11.3. The molecule has 0 bridgehead atoms. The number of carbonyl (C=O) groups excluding carboxylic acids is 1. The van der Waals surface area contributed by atoms with E-state index in [0.717, 1.165) is 16.9 Å². The molecule has 1 amide bonds. The van der Waals surface area contributed by atoms with Crippen LogP contribution in [-0.4, -0.2) is 31.4 Å². The van der Waals surface area contributed by atoms with Gasteiger partial charge in [0.05, 0.1) is 16.5 Å². The molecule has 0 aliphatic rings. The number of aromatic nitrogens is 4. The lowest BCUT2D eigenvalue weighted by atomic mass is 10.1. The monoisotopic (exact) mass is 573 g/mol. The molecule has 2 aromatic carbocycles. The van der Waals surface area contributed by atoms with E-state index in [2.05, 4.69) is 33.1 Å². The summed E-state index contributed by atoms with van der Waals surface area (Å²) >= 11 is 14.9. The minimum Gasteiger partial charge on any atom is -0.482 e. The molecule has 11 heteroatoms. The standard InChI is InChI=1S/C26H25Cl2N5O2S2/c1-5-10-33-24(17(4)35-22-9-6-15(2)11-16(22)3)31-32-26(33)37-14-23(34)30-25-29-21(13-36-25)19-8-7-18(27)12-20(19)28/h5-9,11-13,17H,1,10,14H2,2-4H3,(H,29,30,34). The minimum atomic E-state index is -0.342. The molecule has 0 aliphatic carbocycles. The van der Waals surface area contributed by atoms with Crippen LogP contribution in [0.5, 0.6) is 5.75 Å². The van der Waals surface area contributed by atoms with Gasteiger partial charge in [-0.3, -0.25) is 9.36 Å². The summed E-state index contributed by atoms with van der Waals surface area (Å²) in [5.41, 5.74) is 3.64. The third kappa shape index (κ3) is 6.73. The first-order valence-corrected chi connectivity index (χ1v) is 14.0. The summed E-state index contributed by atoms with van der Waals surface area (Å²) < 4.78 is 8.08. The Balaban J connectivity index is 1.40. The zero-order chi connectivity index (χ0) is 26.5. The second-order valence-electron chi connectivity index (χ2n) is 8.27. The Morgan fingerprint density at radius 1 is 1.24 bits per heavy atom. The van der Waals surface area contributed by atoms with Crippen LogP contribution >= 0.6 is 46.3 Å². The maximum atomic E-state index is 12.6. The zero-order valence-electron chi connectivity index (χ0n) is 20.5. The number of ether oxygens (including phenoxy) is 1. The van der Waals surface area contributed by atoms with Crippen molar-refractivity contribution in [3.63, 3.8) is 0 Å². The summed E-state index contributed by atoms with van der Waals surface area (Å²) in [7, 11) is 0. The average Bonchev–Trinajstić information content (AvgIpc) is 3.47. The highest BCUT2D eigenvalue weighted by molar-refractivity contribution is 7.99. The van der Waals surface area contributed by atoms with Gasteiger partial charge in [0.15, 0.2) is 22.2 Å². The molecule has 0 spiro atoms. The van der Waals surface area contributed by atoms with Crippen LogP contribution in [0.15, 0.2) is 59.6 Å². The Kier molecular flexibility index (Phi) is 8.91. The number of rotatable bonds is 10. The first-order valence-electron chi connectivity index (χ1n) is 11.4. The smallest absolute Gasteiger partial charge is 0.236 e. The summed E-state index contributed by atoms with van der Waals surface area (Å²) in [5, 5.41) is 15.5. The Hall–Kier alpha value is -2.85. The molecule has 2 aromatic heterocycles. The number of hydrogen-bond acceptors (Lipinski definition) is 7. The van der Waals surface area contributed by atoms with Gasteiger partial charge in [-0.2, -0.15) is 0 Å². The van der Waals surface area contributed by atoms with E-state index in [9.17, 15) is 4.79 Å². The highest BCUT2D eigenvalue weighted by atomic mass is 35.5. The van der Waals surface area contributed by atoms with Gasteiger partial charge in [-0.25, -0.2) is 4.98 Å². The number of halogens is 2. The lowest BCUT2D eigenvalue weighted by Crippen LogP contribution is -2.15. The fraction of sp³-hybridized carbons (Fsp3) is 0.231. The highest BCUT2D eigenvalue weighted by Crippen LogP contribution is 2.33. The normalized spacial score (nSPS) is 11.8. The van der Waals surface area contributed by atoms with Crippen molar-refractivity contribution >= 4 is 57.3 Å². The number of nitrogens with zero attached hydrogens (tertiary/aromatic N) is 4. The van der Waals surface area contributed by atoms with Crippen LogP contribution in [0.3, 0.4) is 0 Å². The van der Waals surface area contributed by atoms with Crippen molar-refractivity contribution in [2.45, 2.75) is 38.6 Å². The van der Waals surface area contributed by atoms with E-state index < -0.39 is 0 Å². The van der Waals surface area contributed by atoms with Crippen LogP contribution in [0.2, 0.25) is 10.0 Å². The molecule has 4 rings (SSSR count). The largest absolute Gasteiger partial charge is 0.482 e. The van der Waals surface area contributed by atoms with E-state index >= 15 is 0 Å². The van der Waals surface area contributed by atoms with Crippen molar-refractivity contribution < 1.29 is 9.53 Å². The molecule has 1 unspecified atom stereocenters. The Morgan fingerprint density at radius 2 is 2.05 bits per heavy atom. The van der Waals surface area contributed by atoms with E-state index in [1.165, 1.54) is 28.7 Å². The number of benzene rings is 2. The predicted molar refractivity (Wildman–Crippen MR) is 152 cm³/mol. The van der Waals surface area contributed by atoms with Crippen molar-refractivity contribution in [1.82, 2.24) is 19.7 Å². The van der Waals surface area contributed by atoms with Crippen LogP contribution < -0.4 is 10.1 Å². The highest BCUT2D eigenvalue weighted by Gasteiger charge is 2.21. The van der Waals surface area contributed by atoms with Gasteiger partial charge in [0.1, 0.15) is 5.75 Å². The van der Waals surface area contributed by atoms with Gasteiger partial charge < -0.3 is 10.1 Å². The van der Waals surface area contributed by atoms with Gasteiger partial charge in [0.25, 0.3) is 0 Å². The van der Waals surface area contributed by atoms with Crippen molar-refractivity contribution in [2.24, 2.45) is 0 Å². The van der Waals surface area contributed by atoms with E-state index in [1.54, 1.807) is 24.3 Å². The first kappa shape index (κ1) is 27.2. The van der Waals surface area contributed by atoms with Gasteiger partial charge in [-0.1, -0.05) is 58.7 Å². The van der Waals surface area contributed by atoms with Crippen molar-refractivity contribution in [1.29, 1.82) is 0 Å². The number of thiazole rings is 1. The van der Waals surface area contributed by atoms with Gasteiger partial charge >= 0.3 is 0 Å². The van der Waals surface area contributed by atoms with Crippen molar-refractivity contribution in [2.75, 3.05) is 11.1 Å². The second kappa shape index (κ2) is 12.1. The number of amides is 1. The third-order valence-corrected chi connectivity index (χ3v) is 7.62. The Bertz CT molecular complexity index is 1440. The molecule has 2 heterocycles. The third-order valence-electron chi connectivity index (χ3n) is 5.34. The molecule has 0 saturated heterocycles. The van der Waals surface area contributed by atoms with Crippen LogP contribution in [0.25, 0.3) is 11.3 Å². The topological polar surface area (TPSA) is 81.9 Å². The molecule has 7 nitrogen and oxygen atoms in total. The van der Waals surface area contributed by atoms with Crippen molar-refractivity contribution in [3.8, 4) is 17.0 Å². The Morgan fingerprint density at radius 3 is 2.78 bits per heavy atom. The molecule has 1 atom stereocenters. The SMILES string of the molecule is C=CCn1c(SCC(=O)Nc2nc(-c3ccc(Cl)cc3Cl)cs2)nnc1C(C)Oc1ccc(C)cc1C. The number of aryl methyl sites for hydroxylation is 2. The number of carbonyl (C=O) groups is 1. The van der Waals surface area contributed by atoms with Crippen LogP contribution in [-0.2, 0) is 11.3 Å². The lowest BCUT2D eigenvalue weighted by Gasteiger charge is -2.17. The molecule has 1 N–H and O–H groups in total. The molecule has 192 valence electrons. The quantitative estimate of drug-likeness (QED) is 0.157. The predicted octanol–water partition coefficient (Wildman–Crippen LogP) is 7.38. The molecular formula is C26H25Cl2N5O2S2. The molecule has 0 fully saturated rings. The van der Waals surface area contributed by atoms with Gasteiger partial charge in [0, 0.05) is 22.5 Å². The molecular weight excluding hydrogens is 549 g/mol. The van der Waals surface area contributed by atoms with E-state index in [-0.39, 0.29) is 17.8 Å². The number of thioether (sulfide) groups is 1. The number of nitrogens with one attached hydrogen (secondary N) is 1. The maximum absolute atomic E-state index is 12.6. The summed E-state index contributed by atoms with van der Waals surface area (Å²) in [6.07, 6.45) is 1.42. The van der Waals surface area contributed by atoms with Crippen LogP contribution in [0.1, 0.15) is 30.0 Å². The summed E-state index contributed by atoms with van der Waals surface area (Å²) in [6.45, 7) is 10.3. The number of anilines is 1. The zero-order valence-corrected chi connectivity index (χ0v) is 23.6. The fourth-order valence-electron chi connectivity index (χ4n) is 3.62. The fourth-order valence-corrected chi connectivity index (χ4v) is 5.61. The van der Waals surface area contributed by atoms with E-state index in [0.29, 0.717) is 38.4 Å². The number of allylic oxidation sites excluding steroid dienone is 1. The molecule has 0 aliphatic heterocycles. The second-order valence-corrected chi connectivity index (χ2v) is 10.9. The minimum absolute atomic E-state index is 0.137. The van der Waals surface area contributed by atoms with Gasteiger partial charge in [-0.05, 0) is 50.6 Å². The van der Waals surface area contributed by atoms with Crippen molar-refractivity contribution in [3.05, 3.63) is 81.4 Å². The lowest BCUT2D eigenvalue weighted by molar-refractivity contribution is -0.113. The first-order chi connectivity index (χ1) is 17.7. The van der Waals surface area contributed by atoms with Gasteiger partial charge in [0.2, 0.25) is 5.91 Å². The van der Waals surface area contributed by atoms with Gasteiger partial charge in [-0.15, -0.1) is 28.1 Å². The Labute approximate surface area is 233 Å². The van der Waals surface area contributed by atoms with Crippen LogP contribution in [0.4, 0.5) is 5.13 Å². The molecule has 0 saturated carbocycles. The average molecular weight is 575 g/mol. The molecule has 37 heavy (non-hydrogen) atoms. The van der Waals surface area contributed by atoms with E-state index in [1.807, 2.05) is 42.9 Å². The molecule has 4 aromatic rings. The van der Waals surface area contributed by atoms with Crippen LogP contribution in [0, 0.1) is 13.8 Å².